The highest BCUT2D eigenvalue weighted by atomic mass is 16.1. The number of benzene rings is 1. The van der Waals surface area contributed by atoms with Gasteiger partial charge in [-0.05, 0) is 55.0 Å². The zero-order valence-corrected chi connectivity index (χ0v) is 13.3. The van der Waals surface area contributed by atoms with Gasteiger partial charge in [-0.25, -0.2) is 0 Å². The molecular weight excluding hydrogens is 274 g/mol. The zero-order valence-electron chi connectivity index (χ0n) is 13.3. The molecule has 3 N–H and O–H groups in total. The highest BCUT2D eigenvalue weighted by molar-refractivity contribution is 5.99. The number of amides is 1. The lowest BCUT2D eigenvalue weighted by atomic mass is 9.95. The van der Waals surface area contributed by atoms with Gasteiger partial charge in [-0.15, -0.1) is 0 Å². The number of primary amides is 1. The molecule has 0 unspecified atom stereocenters. The van der Waals surface area contributed by atoms with Gasteiger partial charge in [0.05, 0.1) is 11.3 Å². The van der Waals surface area contributed by atoms with Gasteiger partial charge in [0, 0.05) is 19.6 Å². The van der Waals surface area contributed by atoms with Crippen molar-refractivity contribution in [2.24, 2.45) is 11.7 Å². The van der Waals surface area contributed by atoms with Crippen LogP contribution in [0.25, 0.3) is 5.57 Å². The van der Waals surface area contributed by atoms with E-state index in [1.165, 1.54) is 24.0 Å². The molecule has 1 aromatic rings. The Balaban J connectivity index is 1.94. The van der Waals surface area contributed by atoms with E-state index in [9.17, 15) is 4.79 Å². The quantitative estimate of drug-likeness (QED) is 0.901. The zero-order chi connectivity index (χ0) is 15.5. The van der Waals surface area contributed by atoms with Crippen molar-refractivity contribution in [2.75, 3.05) is 31.1 Å². The van der Waals surface area contributed by atoms with Gasteiger partial charge in [0.1, 0.15) is 0 Å². The Kier molecular flexibility index (Phi) is 4.48. The minimum absolute atomic E-state index is 0.334. The van der Waals surface area contributed by atoms with Gasteiger partial charge in [-0.2, -0.15) is 0 Å². The fourth-order valence-corrected chi connectivity index (χ4v) is 3.34. The monoisotopic (exact) mass is 299 g/mol. The average Bonchev–Trinajstić information content (AvgIpc) is 2.56. The molecule has 1 amide bonds. The smallest absolute Gasteiger partial charge is 0.250 e. The van der Waals surface area contributed by atoms with Gasteiger partial charge >= 0.3 is 0 Å². The summed E-state index contributed by atoms with van der Waals surface area (Å²) in [5, 5.41) is 3.34. The molecule has 1 fully saturated rings. The normalized spacial score (nSPS) is 19.9. The Morgan fingerprint density at radius 3 is 2.73 bits per heavy atom. The van der Waals surface area contributed by atoms with Crippen LogP contribution in [0.3, 0.4) is 0 Å². The first kappa shape index (κ1) is 15.1. The molecular formula is C18H25N3O. The van der Waals surface area contributed by atoms with E-state index in [1.807, 2.05) is 12.1 Å². The summed E-state index contributed by atoms with van der Waals surface area (Å²) in [7, 11) is 0. The molecule has 2 aliphatic heterocycles. The minimum atomic E-state index is -0.334. The van der Waals surface area contributed by atoms with Crippen molar-refractivity contribution >= 4 is 17.2 Å². The molecule has 4 heteroatoms. The van der Waals surface area contributed by atoms with E-state index in [-0.39, 0.29) is 5.91 Å². The maximum atomic E-state index is 11.8. The first-order valence-corrected chi connectivity index (χ1v) is 8.24. The van der Waals surface area contributed by atoms with Crippen molar-refractivity contribution in [3.05, 3.63) is 35.4 Å². The lowest BCUT2D eigenvalue weighted by molar-refractivity contribution is 0.100. The molecule has 4 nitrogen and oxygen atoms in total. The van der Waals surface area contributed by atoms with Gasteiger partial charge in [0.25, 0.3) is 5.91 Å². The van der Waals surface area contributed by atoms with Gasteiger partial charge < -0.3 is 16.0 Å². The van der Waals surface area contributed by atoms with Crippen molar-refractivity contribution in [1.82, 2.24) is 5.32 Å². The van der Waals surface area contributed by atoms with E-state index in [2.05, 4.69) is 29.3 Å². The number of anilines is 1. The van der Waals surface area contributed by atoms with Crippen molar-refractivity contribution < 1.29 is 4.79 Å². The topological polar surface area (TPSA) is 58.4 Å². The molecule has 118 valence electrons. The minimum Gasteiger partial charge on any atom is -0.371 e. The van der Waals surface area contributed by atoms with E-state index in [0.717, 1.165) is 44.2 Å². The Morgan fingerprint density at radius 1 is 1.32 bits per heavy atom. The van der Waals surface area contributed by atoms with Crippen molar-refractivity contribution in [3.8, 4) is 0 Å². The predicted molar refractivity (Wildman–Crippen MR) is 91.0 cm³/mol. The molecule has 0 saturated carbocycles. The molecule has 0 radical (unpaired) electrons. The molecule has 0 atom stereocenters. The van der Waals surface area contributed by atoms with Gasteiger partial charge in [0.15, 0.2) is 0 Å². The number of piperidine rings is 1. The maximum Gasteiger partial charge on any atom is 0.250 e. The highest BCUT2D eigenvalue weighted by Crippen LogP contribution is 2.30. The standard InChI is InChI=1S/C18H25N3O/c1-13-6-10-21(11-7-13)17-12-15(2-3-16(17)18(19)22)14-4-8-20-9-5-14/h2-4,12-13,20H,5-11H2,1H3,(H2,19,22). The summed E-state index contributed by atoms with van der Waals surface area (Å²) >= 11 is 0. The molecule has 1 aromatic carbocycles. The molecule has 0 aromatic heterocycles. The number of carbonyl (C=O) groups is 1. The summed E-state index contributed by atoms with van der Waals surface area (Å²) in [6.45, 7) is 6.24. The van der Waals surface area contributed by atoms with Crippen molar-refractivity contribution in [2.45, 2.75) is 26.2 Å². The van der Waals surface area contributed by atoms with Crippen LogP contribution < -0.4 is 16.0 Å². The summed E-state index contributed by atoms with van der Waals surface area (Å²) in [5.41, 5.74) is 9.83. The van der Waals surface area contributed by atoms with Crippen LogP contribution in [0.2, 0.25) is 0 Å². The fourth-order valence-electron chi connectivity index (χ4n) is 3.34. The second-order valence-electron chi connectivity index (χ2n) is 6.45. The molecule has 22 heavy (non-hydrogen) atoms. The Morgan fingerprint density at radius 2 is 2.09 bits per heavy atom. The van der Waals surface area contributed by atoms with Crippen molar-refractivity contribution in [1.29, 1.82) is 0 Å². The lowest BCUT2D eigenvalue weighted by Crippen LogP contribution is -2.34. The third-order valence-electron chi connectivity index (χ3n) is 4.82. The summed E-state index contributed by atoms with van der Waals surface area (Å²) in [6.07, 6.45) is 5.63. The number of nitrogens with two attached hydrogens (primary N) is 1. The molecule has 1 saturated heterocycles. The first-order valence-electron chi connectivity index (χ1n) is 8.24. The van der Waals surface area contributed by atoms with Crippen LogP contribution in [0.5, 0.6) is 0 Å². The third kappa shape index (κ3) is 3.17. The number of carbonyl (C=O) groups excluding carboxylic acids is 1. The van der Waals surface area contributed by atoms with Gasteiger partial charge in [0.2, 0.25) is 0 Å². The van der Waals surface area contributed by atoms with Crippen LogP contribution in [0.15, 0.2) is 24.3 Å². The molecule has 3 rings (SSSR count). The van der Waals surface area contributed by atoms with E-state index >= 15 is 0 Å². The number of nitrogens with one attached hydrogen (secondary N) is 1. The molecule has 0 spiro atoms. The number of hydrogen-bond acceptors (Lipinski definition) is 3. The van der Waals surface area contributed by atoms with E-state index in [4.69, 9.17) is 5.73 Å². The SMILES string of the molecule is CC1CCN(c2cc(C3=CCNCC3)ccc2C(N)=O)CC1. The Labute approximate surface area is 132 Å². The second kappa shape index (κ2) is 6.53. The van der Waals surface area contributed by atoms with Crippen molar-refractivity contribution in [3.63, 3.8) is 0 Å². The Bertz CT molecular complexity index is 586. The summed E-state index contributed by atoms with van der Waals surface area (Å²) in [5.74, 6) is 0.433. The molecule has 0 bridgehead atoms. The predicted octanol–water partition coefficient (Wildman–Crippen LogP) is 2.40. The summed E-state index contributed by atoms with van der Waals surface area (Å²) in [4.78, 5) is 14.1. The van der Waals surface area contributed by atoms with E-state index in [0.29, 0.717) is 5.56 Å². The van der Waals surface area contributed by atoms with Crippen LogP contribution in [0, 0.1) is 5.92 Å². The van der Waals surface area contributed by atoms with Gasteiger partial charge in [-0.3, -0.25) is 4.79 Å². The second-order valence-corrected chi connectivity index (χ2v) is 6.45. The summed E-state index contributed by atoms with van der Waals surface area (Å²) in [6, 6.07) is 6.09. The largest absolute Gasteiger partial charge is 0.371 e. The number of nitrogens with zero attached hydrogens (tertiary/aromatic N) is 1. The highest BCUT2D eigenvalue weighted by Gasteiger charge is 2.21. The molecule has 0 aliphatic carbocycles. The van der Waals surface area contributed by atoms with Crippen LogP contribution in [0.1, 0.15) is 42.1 Å². The number of hydrogen-bond donors (Lipinski definition) is 2. The van der Waals surface area contributed by atoms with Crippen LogP contribution in [0.4, 0.5) is 5.69 Å². The first-order chi connectivity index (χ1) is 10.6. The van der Waals surface area contributed by atoms with Gasteiger partial charge in [-0.1, -0.05) is 19.1 Å². The van der Waals surface area contributed by atoms with Crippen LogP contribution in [-0.4, -0.2) is 32.1 Å². The maximum absolute atomic E-state index is 11.8. The number of rotatable bonds is 3. The summed E-state index contributed by atoms with van der Waals surface area (Å²) < 4.78 is 0. The van der Waals surface area contributed by atoms with E-state index in [1.54, 1.807) is 0 Å². The Hall–Kier alpha value is -1.81. The molecule has 2 aliphatic rings. The van der Waals surface area contributed by atoms with Crippen LogP contribution in [-0.2, 0) is 0 Å². The van der Waals surface area contributed by atoms with Crippen LogP contribution >= 0.6 is 0 Å². The lowest BCUT2D eigenvalue weighted by Gasteiger charge is -2.33. The fraction of sp³-hybridized carbons (Fsp3) is 0.500. The van der Waals surface area contributed by atoms with E-state index < -0.39 is 0 Å². The average molecular weight is 299 g/mol. The molecule has 2 heterocycles. The third-order valence-corrected chi connectivity index (χ3v) is 4.82.